The number of sulfone groups is 1. The molecule has 0 bridgehead atoms. The van der Waals surface area contributed by atoms with Crippen molar-refractivity contribution < 1.29 is 13.2 Å². The number of urea groups is 1. The summed E-state index contributed by atoms with van der Waals surface area (Å²) in [5, 5.41) is 5.70. The van der Waals surface area contributed by atoms with Gasteiger partial charge in [0, 0.05) is 24.5 Å². The zero-order valence-electron chi connectivity index (χ0n) is 12.8. The Morgan fingerprint density at radius 2 is 1.81 bits per heavy atom. The highest BCUT2D eigenvalue weighted by Gasteiger charge is 2.30. The van der Waals surface area contributed by atoms with Crippen LogP contribution in [0.15, 0.2) is 24.3 Å². The van der Waals surface area contributed by atoms with Gasteiger partial charge in [0.2, 0.25) is 0 Å². The Labute approximate surface area is 126 Å². The third-order valence-corrected chi connectivity index (χ3v) is 5.67. The summed E-state index contributed by atoms with van der Waals surface area (Å²) >= 11 is 0. The maximum atomic E-state index is 11.7. The molecule has 1 aromatic rings. The summed E-state index contributed by atoms with van der Waals surface area (Å²) in [7, 11) is -3.12. The SMILES string of the molecule is CC(NCC(C)(C)S(C)(=O)=O)c1ccc(NC(N)=O)cc1. The molecule has 0 saturated heterocycles. The van der Waals surface area contributed by atoms with Crippen molar-refractivity contribution in [3.05, 3.63) is 29.8 Å². The zero-order chi connectivity index (χ0) is 16.3. The second kappa shape index (κ2) is 6.44. The minimum Gasteiger partial charge on any atom is -0.351 e. The Bertz CT molecular complexity index is 594. The van der Waals surface area contributed by atoms with Crippen LogP contribution in [0.5, 0.6) is 0 Å². The summed E-state index contributed by atoms with van der Waals surface area (Å²) in [6.45, 7) is 5.70. The lowest BCUT2D eigenvalue weighted by molar-refractivity contribution is 0.259. The number of anilines is 1. The molecule has 0 aliphatic carbocycles. The highest BCUT2D eigenvalue weighted by Crippen LogP contribution is 2.19. The molecule has 6 nitrogen and oxygen atoms in total. The molecule has 2 amide bonds. The van der Waals surface area contributed by atoms with Gasteiger partial charge in [0.15, 0.2) is 9.84 Å². The summed E-state index contributed by atoms with van der Waals surface area (Å²) < 4.78 is 22.5. The van der Waals surface area contributed by atoms with E-state index in [1.165, 1.54) is 6.26 Å². The molecule has 0 heterocycles. The molecule has 0 aliphatic heterocycles. The average Bonchev–Trinajstić information content (AvgIpc) is 2.35. The molecule has 0 aromatic heterocycles. The second-order valence-corrected chi connectivity index (χ2v) is 8.40. The van der Waals surface area contributed by atoms with Crippen molar-refractivity contribution >= 4 is 21.6 Å². The molecule has 1 aromatic carbocycles. The summed E-state index contributed by atoms with van der Waals surface area (Å²) in [4.78, 5) is 10.7. The molecule has 7 heteroatoms. The van der Waals surface area contributed by atoms with Crippen LogP contribution in [-0.2, 0) is 9.84 Å². The van der Waals surface area contributed by atoms with Crippen LogP contribution in [0.25, 0.3) is 0 Å². The number of primary amides is 1. The Hall–Kier alpha value is -1.60. The van der Waals surface area contributed by atoms with Gasteiger partial charge in [-0.1, -0.05) is 12.1 Å². The van der Waals surface area contributed by atoms with Crippen molar-refractivity contribution in [3.8, 4) is 0 Å². The van der Waals surface area contributed by atoms with E-state index < -0.39 is 20.6 Å². The average molecular weight is 313 g/mol. The molecule has 1 atom stereocenters. The van der Waals surface area contributed by atoms with Gasteiger partial charge in [0.1, 0.15) is 0 Å². The molecule has 1 unspecified atom stereocenters. The number of nitrogens with one attached hydrogen (secondary N) is 2. The summed E-state index contributed by atoms with van der Waals surface area (Å²) in [6, 6.07) is 6.60. The molecule has 1 rings (SSSR count). The fourth-order valence-electron chi connectivity index (χ4n) is 1.65. The van der Waals surface area contributed by atoms with Crippen molar-refractivity contribution in [1.82, 2.24) is 5.32 Å². The minimum absolute atomic E-state index is 0.00588. The van der Waals surface area contributed by atoms with E-state index in [-0.39, 0.29) is 6.04 Å². The second-order valence-electron chi connectivity index (χ2n) is 5.75. The van der Waals surface area contributed by atoms with Crippen molar-refractivity contribution in [2.75, 3.05) is 18.1 Å². The van der Waals surface area contributed by atoms with E-state index in [1.54, 1.807) is 26.0 Å². The van der Waals surface area contributed by atoms with Crippen LogP contribution >= 0.6 is 0 Å². The molecule has 0 spiro atoms. The lowest BCUT2D eigenvalue weighted by Crippen LogP contribution is -2.42. The normalized spacial score (nSPS) is 13.7. The Kier molecular flexibility index (Phi) is 5.36. The number of hydrogen-bond donors (Lipinski definition) is 3. The minimum atomic E-state index is -3.12. The van der Waals surface area contributed by atoms with E-state index in [0.29, 0.717) is 12.2 Å². The van der Waals surface area contributed by atoms with Crippen molar-refractivity contribution in [2.45, 2.75) is 31.6 Å². The molecular formula is C14H23N3O3S. The highest BCUT2D eigenvalue weighted by atomic mass is 32.2. The Morgan fingerprint density at radius 3 is 2.24 bits per heavy atom. The summed E-state index contributed by atoms with van der Waals surface area (Å²) in [5.74, 6) is 0. The standard InChI is InChI=1S/C14H23N3O3S/c1-10(16-9-14(2,3)21(4,19)20)11-5-7-12(8-6-11)17-13(15)18/h5-8,10,16H,9H2,1-4H3,(H3,15,17,18). The van der Waals surface area contributed by atoms with Crippen molar-refractivity contribution in [1.29, 1.82) is 0 Å². The monoisotopic (exact) mass is 313 g/mol. The van der Waals surface area contributed by atoms with Crippen molar-refractivity contribution in [3.63, 3.8) is 0 Å². The van der Waals surface area contributed by atoms with Gasteiger partial charge >= 0.3 is 6.03 Å². The van der Waals surface area contributed by atoms with E-state index in [4.69, 9.17) is 5.73 Å². The topological polar surface area (TPSA) is 101 Å². The first-order chi connectivity index (χ1) is 9.53. The number of rotatable bonds is 6. The van der Waals surface area contributed by atoms with Crippen LogP contribution < -0.4 is 16.4 Å². The van der Waals surface area contributed by atoms with Crippen LogP contribution in [0.1, 0.15) is 32.4 Å². The van der Waals surface area contributed by atoms with E-state index in [1.807, 2.05) is 19.1 Å². The van der Waals surface area contributed by atoms with Gasteiger partial charge in [-0.3, -0.25) is 0 Å². The van der Waals surface area contributed by atoms with E-state index in [0.717, 1.165) is 5.56 Å². The number of benzene rings is 1. The van der Waals surface area contributed by atoms with Crippen LogP contribution in [-0.4, -0.2) is 32.0 Å². The lowest BCUT2D eigenvalue weighted by atomic mass is 10.1. The van der Waals surface area contributed by atoms with Crippen LogP contribution in [0.4, 0.5) is 10.5 Å². The van der Waals surface area contributed by atoms with Gasteiger partial charge in [-0.05, 0) is 38.5 Å². The van der Waals surface area contributed by atoms with Crippen molar-refractivity contribution in [2.24, 2.45) is 5.73 Å². The van der Waals surface area contributed by atoms with Gasteiger partial charge in [0.05, 0.1) is 4.75 Å². The molecule has 0 fully saturated rings. The highest BCUT2D eigenvalue weighted by molar-refractivity contribution is 7.92. The first-order valence-electron chi connectivity index (χ1n) is 6.62. The zero-order valence-corrected chi connectivity index (χ0v) is 13.6. The van der Waals surface area contributed by atoms with Crippen LogP contribution in [0.3, 0.4) is 0 Å². The smallest absolute Gasteiger partial charge is 0.316 e. The van der Waals surface area contributed by atoms with Crippen LogP contribution in [0, 0.1) is 0 Å². The molecule has 0 saturated carbocycles. The van der Waals surface area contributed by atoms with Gasteiger partial charge in [-0.15, -0.1) is 0 Å². The maximum Gasteiger partial charge on any atom is 0.316 e. The molecular weight excluding hydrogens is 290 g/mol. The first-order valence-corrected chi connectivity index (χ1v) is 8.51. The number of hydrogen-bond acceptors (Lipinski definition) is 4. The molecule has 118 valence electrons. The van der Waals surface area contributed by atoms with Crippen LogP contribution in [0.2, 0.25) is 0 Å². The number of nitrogens with two attached hydrogens (primary N) is 1. The predicted octanol–water partition coefficient (Wildman–Crippen LogP) is 1.65. The van der Waals surface area contributed by atoms with E-state index in [2.05, 4.69) is 10.6 Å². The van der Waals surface area contributed by atoms with E-state index in [9.17, 15) is 13.2 Å². The summed E-state index contributed by atoms with van der Waals surface area (Å²) in [6.07, 6.45) is 1.24. The number of carbonyl (C=O) groups is 1. The molecule has 21 heavy (non-hydrogen) atoms. The maximum absolute atomic E-state index is 11.7. The fraction of sp³-hybridized carbons (Fsp3) is 0.500. The Morgan fingerprint density at radius 1 is 1.29 bits per heavy atom. The Balaban J connectivity index is 2.68. The van der Waals surface area contributed by atoms with E-state index >= 15 is 0 Å². The number of carbonyl (C=O) groups excluding carboxylic acids is 1. The van der Waals surface area contributed by atoms with Gasteiger partial charge in [-0.2, -0.15) is 0 Å². The predicted molar refractivity (Wildman–Crippen MR) is 85.0 cm³/mol. The molecule has 4 N–H and O–H groups in total. The molecule has 0 aliphatic rings. The first kappa shape index (κ1) is 17.5. The third kappa shape index (κ3) is 5.02. The third-order valence-electron chi connectivity index (χ3n) is 3.52. The fourth-order valence-corrected chi connectivity index (χ4v) is 1.99. The van der Waals surface area contributed by atoms with Gasteiger partial charge in [-0.25, -0.2) is 13.2 Å². The van der Waals surface area contributed by atoms with Gasteiger partial charge < -0.3 is 16.4 Å². The molecule has 0 radical (unpaired) electrons. The summed E-state index contributed by atoms with van der Waals surface area (Å²) in [5.41, 5.74) is 6.65. The largest absolute Gasteiger partial charge is 0.351 e. The number of amides is 2. The lowest BCUT2D eigenvalue weighted by Gasteiger charge is -2.25. The quantitative estimate of drug-likeness (QED) is 0.743. The van der Waals surface area contributed by atoms with Gasteiger partial charge in [0.25, 0.3) is 0 Å².